The normalized spacial score (nSPS) is 13.0. The second kappa shape index (κ2) is 6.94. The van der Waals surface area contributed by atoms with Gasteiger partial charge in [0.25, 0.3) is 0 Å². The summed E-state index contributed by atoms with van der Waals surface area (Å²) >= 11 is 0. The van der Waals surface area contributed by atoms with Gasteiger partial charge in [0.15, 0.2) is 17.0 Å². The number of hydrogen-bond donors (Lipinski definition) is 0. The molecule has 1 aromatic carbocycles. The van der Waals surface area contributed by atoms with Gasteiger partial charge in [-0.15, -0.1) is 0 Å². The summed E-state index contributed by atoms with van der Waals surface area (Å²) in [6.07, 6.45) is 2.62. The van der Waals surface area contributed by atoms with E-state index in [2.05, 4.69) is 0 Å². The number of hydrogen-bond acceptors (Lipinski definition) is 4. The maximum absolute atomic E-state index is 13.8. The number of aromatic carboxylic acids is 1. The van der Waals surface area contributed by atoms with E-state index in [1.54, 1.807) is 0 Å². The molecule has 5 nitrogen and oxygen atoms in total. The van der Waals surface area contributed by atoms with Crippen molar-refractivity contribution in [2.45, 2.75) is 18.9 Å². The topological polar surface area (TPSA) is 71.4 Å². The van der Waals surface area contributed by atoms with Gasteiger partial charge in [-0.2, -0.15) is 4.39 Å². The summed E-state index contributed by atoms with van der Waals surface area (Å²) in [6, 6.07) is 0.630. The summed E-state index contributed by atoms with van der Waals surface area (Å²) in [7, 11) is 0.158. The van der Waals surface area contributed by atoms with Crippen LogP contribution >= 0.6 is 0 Å². The van der Waals surface area contributed by atoms with Gasteiger partial charge < -0.3 is 19.2 Å². The third-order valence-corrected chi connectivity index (χ3v) is 3.53. The molecule has 0 bridgehead atoms. The molecule has 2 aromatic rings. The molecule has 0 unspecified atom stereocenters. The van der Waals surface area contributed by atoms with Crippen LogP contribution in [0.4, 0.5) is 17.4 Å². The summed E-state index contributed by atoms with van der Waals surface area (Å²) in [6.45, 7) is 0. The van der Waals surface area contributed by atoms with Crippen LogP contribution in [0.15, 0.2) is 17.1 Å². The summed E-state index contributed by atoms with van der Waals surface area (Å²) in [5.74, 6) is -4.53. The molecule has 3 rings (SSSR count). The van der Waals surface area contributed by atoms with Crippen LogP contribution in [-0.2, 0) is 0 Å². The fraction of sp³-hybridized carbons (Fsp3) is 0.286. The molecule has 1 fully saturated rings. The van der Waals surface area contributed by atoms with Gasteiger partial charge in [0.1, 0.15) is 0 Å². The van der Waals surface area contributed by atoms with Crippen LogP contribution in [0.3, 0.4) is 0 Å². The maximum atomic E-state index is 13.8. The van der Waals surface area contributed by atoms with Crippen molar-refractivity contribution >= 4 is 24.7 Å². The van der Waals surface area contributed by atoms with E-state index < -0.39 is 42.2 Å². The van der Waals surface area contributed by atoms with Crippen LogP contribution < -0.4 is 15.3 Å². The molecule has 0 N–H and O–H groups in total. The van der Waals surface area contributed by atoms with Crippen molar-refractivity contribution in [3.05, 3.63) is 39.7 Å². The Morgan fingerprint density at radius 1 is 1.38 bits per heavy atom. The van der Waals surface area contributed by atoms with Crippen molar-refractivity contribution in [1.29, 1.82) is 0 Å². The molecule has 0 spiro atoms. The van der Waals surface area contributed by atoms with Crippen molar-refractivity contribution in [3.63, 3.8) is 0 Å². The Labute approximate surface area is 133 Å². The zero-order valence-corrected chi connectivity index (χ0v) is 12.3. The number of aromatic nitrogens is 1. The Kier molecular flexibility index (Phi) is 5.15. The molecule has 1 aromatic heterocycles. The van der Waals surface area contributed by atoms with Crippen LogP contribution in [0.2, 0.25) is 0 Å². The molecule has 1 saturated carbocycles. The molecule has 1 aliphatic carbocycles. The third kappa shape index (κ3) is 3.08. The van der Waals surface area contributed by atoms with E-state index >= 15 is 0 Å². The van der Waals surface area contributed by atoms with Crippen LogP contribution in [-0.4, -0.2) is 25.5 Å². The van der Waals surface area contributed by atoms with Crippen molar-refractivity contribution in [2.75, 3.05) is 7.11 Å². The van der Waals surface area contributed by atoms with Gasteiger partial charge in [-0.05, 0) is 18.9 Å². The van der Waals surface area contributed by atoms with Gasteiger partial charge in [0.05, 0.1) is 29.5 Å². The first-order valence-electron chi connectivity index (χ1n) is 6.71. The number of carbonyl (C=O) groups is 1. The molecule has 10 heteroatoms. The second-order valence-electron chi connectivity index (χ2n) is 4.98. The molecule has 0 saturated heterocycles. The first kappa shape index (κ1) is 17.8. The second-order valence-corrected chi connectivity index (χ2v) is 4.98. The molecular weight excluding hydrogens is 333 g/mol. The van der Waals surface area contributed by atoms with Crippen molar-refractivity contribution in [1.82, 2.24) is 4.57 Å². The Bertz CT molecular complexity index is 851. The predicted molar refractivity (Wildman–Crippen MR) is 75.2 cm³/mol. The number of rotatable bonds is 3. The average molecular weight is 343 g/mol. The fourth-order valence-corrected chi connectivity index (χ4v) is 2.40. The number of fused-ring (bicyclic) bond motifs is 1. The SMILES string of the molecule is COc1c(F)c(F)cc2c(=O)c(C(=O)[O-])cn(C3CC3)c12.F[B+]F. The van der Waals surface area contributed by atoms with Gasteiger partial charge >= 0.3 is 16.5 Å². The molecule has 0 amide bonds. The van der Waals surface area contributed by atoms with E-state index in [-0.39, 0.29) is 16.9 Å². The number of benzene rings is 1. The number of halogens is 4. The predicted octanol–water partition coefficient (Wildman–Crippen LogP) is 1.45. The Balaban J connectivity index is 0.000000647. The van der Waals surface area contributed by atoms with E-state index in [1.165, 1.54) is 4.57 Å². The zero-order chi connectivity index (χ0) is 18.0. The molecule has 1 heterocycles. The van der Waals surface area contributed by atoms with Gasteiger partial charge in [-0.25, -0.2) is 4.39 Å². The summed E-state index contributed by atoms with van der Waals surface area (Å²) in [5, 5.41) is 10.8. The number of carboxylic acid groups (broad SMARTS) is 1. The standard InChI is InChI=1S/C14H11F2NO4.BF2/c1-21-13-10(16)9(15)4-7-11(13)17(6-2-3-6)5-8(12(7)18)14(19)20;2-1-3/h4-6H,2-3H2,1H3,(H,19,20);/q;+1/p-1. The number of nitrogens with zero attached hydrogens (tertiary/aromatic N) is 1. The Hall–Kier alpha value is -2.52. The van der Waals surface area contributed by atoms with E-state index in [0.29, 0.717) is 6.07 Å². The minimum atomic E-state index is -1.65. The van der Waals surface area contributed by atoms with Gasteiger partial charge in [-0.3, -0.25) is 4.79 Å². The molecule has 1 aliphatic rings. The number of methoxy groups -OCH3 is 1. The molecule has 0 atom stereocenters. The Morgan fingerprint density at radius 3 is 2.42 bits per heavy atom. The van der Waals surface area contributed by atoms with Crippen molar-refractivity contribution < 1.29 is 32.1 Å². The number of carbonyl (C=O) groups excluding carboxylic acids is 1. The van der Waals surface area contributed by atoms with E-state index in [4.69, 9.17) is 4.74 Å². The van der Waals surface area contributed by atoms with Crippen molar-refractivity contribution in [2.24, 2.45) is 0 Å². The zero-order valence-electron chi connectivity index (χ0n) is 12.3. The fourth-order valence-electron chi connectivity index (χ4n) is 2.40. The van der Waals surface area contributed by atoms with Crippen LogP contribution in [0.25, 0.3) is 10.9 Å². The Morgan fingerprint density at radius 2 is 1.96 bits per heavy atom. The molecule has 126 valence electrons. The van der Waals surface area contributed by atoms with Crippen LogP contribution in [0, 0.1) is 11.6 Å². The number of carboxylic acids is 1. The van der Waals surface area contributed by atoms with Gasteiger partial charge in [0, 0.05) is 12.2 Å². The monoisotopic (exact) mass is 343 g/mol. The first-order valence-corrected chi connectivity index (χ1v) is 6.71. The molecular formula is C14H10BF4NO4. The summed E-state index contributed by atoms with van der Waals surface area (Å²) in [5.41, 5.74) is -1.43. The molecule has 24 heavy (non-hydrogen) atoms. The summed E-state index contributed by atoms with van der Waals surface area (Å²) < 4.78 is 52.8. The average Bonchev–Trinajstić information content (AvgIpc) is 3.35. The van der Waals surface area contributed by atoms with Gasteiger partial charge in [-0.1, -0.05) is 0 Å². The van der Waals surface area contributed by atoms with E-state index in [1.807, 2.05) is 0 Å². The van der Waals surface area contributed by atoms with Crippen molar-refractivity contribution in [3.8, 4) is 5.75 Å². The van der Waals surface area contributed by atoms with E-state index in [9.17, 15) is 32.1 Å². The quantitative estimate of drug-likeness (QED) is 0.625. The van der Waals surface area contributed by atoms with Crippen LogP contribution in [0.5, 0.6) is 5.75 Å². The van der Waals surface area contributed by atoms with Gasteiger partial charge in [0.2, 0.25) is 5.82 Å². The molecule has 0 radical (unpaired) electrons. The minimum absolute atomic E-state index is 0.0638. The van der Waals surface area contributed by atoms with Crippen LogP contribution in [0.1, 0.15) is 29.2 Å². The number of pyridine rings is 1. The number of ether oxygens (including phenoxy) is 1. The molecule has 0 aliphatic heterocycles. The third-order valence-electron chi connectivity index (χ3n) is 3.53. The summed E-state index contributed by atoms with van der Waals surface area (Å²) in [4.78, 5) is 23.2. The first-order chi connectivity index (χ1) is 11.4. The van der Waals surface area contributed by atoms with E-state index in [0.717, 1.165) is 26.1 Å².